The number of carbonyl (C=O) groups is 3. The van der Waals surface area contributed by atoms with E-state index in [1.807, 2.05) is 136 Å². The molecule has 0 aliphatic carbocycles. The average molecular weight is 858 g/mol. The second kappa shape index (κ2) is 27.4. The summed E-state index contributed by atoms with van der Waals surface area (Å²) in [5.41, 5.74) is 11.4. The Hall–Kier alpha value is -6.52. The van der Waals surface area contributed by atoms with E-state index in [0.29, 0.717) is 47.9 Å². The third-order valence-electron chi connectivity index (χ3n) is 8.52. The van der Waals surface area contributed by atoms with Crippen molar-refractivity contribution in [3.63, 3.8) is 0 Å². The molecule has 0 aliphatic rings. The minimum Gasteiger partial charge on any atom is -0.444 e. The Labute approximate surface area is 376 Å². The highest BCUT2D eigenvalue weighted by Gasteiger charge is 2.25. The van der Waals surface area contributed by atoms with E-state index in [2.05, 4.69) is 31.3 Å². The number of hydrogen-bond acceptors (Lipinski definition) is 10. The van der Waals surface area contributed by atoms with E-state index in [1.54, 1.807) is 46.2 Å². The van der Waals surface area contributed by atoms with Gasteiger partial charge in [0.1, 0.15) is 17.5 Å². The highest BCUT2D eigenvalue weighted by Crippen LogP contribution is 2.17. The van der Waals surface area contributed by atoms with E-state index in [9.17, 15) is 14.4 Å². The zero-order chi connectivity index (χ0) is 47.8. The van der Waals surface area contributed by atoms with Gasteiger partial charge in [-0.2, -0.15) is 15.8 Å². The number of amides is 2. The highest BCUT2D eigenvalue weighted by molar-refractivity contribution is 5.74. The Morgan fingerprint density at radius 2 is 0.905 bits per heavy atom. The lowest BCUT2D eigenvalue weighted by Gasteiger charge is -2.30. The van der Waals surface area contributed by atoms with Gasteiger partial charge in [-0.05, 0) is 128 Å². The van der Waals surface area contributed by atoms with Crippen molar-refractivity contribution in [2.24, 2.45) is 5.73 Å². The lowest BCUT2D eigenvalue weighted by molar-refractivity contribution is 0.0161. The van der Waals surface area contributed by atoms with Gasteiger partial charge in [0.25, 0.3) is 0 Å². The zero-order valence-corrected chi connectivity index (χ0v) is 39.2. The van der Waals surface area contributed by atoms with Gasteiger partial charge in [0.15, 0.2) is 0 Å². The number of hydrogen-bond donors (Lipinski definition) is 2. The molecular weight excluding hydrogens is 791 g/mol. The molecule has 2 amide bonds. The van der Waals surface area contributed by atoms with Crippen LogP contribution in [0.1, 0.15) is 132 Å². The van der Waals surface area contributed by atoms with Crippen LogP contribution in [0.5, 0.6) is 0 Å². The number of rotatable bonds is 11. The lowest BCUT2D eigenvalue weighted by atomic mass is 10.1. The summed E-state index contributed by atoms with van der Waals surface area (Å²) in [5, 5.41) is 29.0. The van der Waals surface area contributed by atoms with Crippen molar-refractivity contribution < 1.29 is 23.9 Å². The fraction of sp³-hybridized carbons (Fsp3) is 0.412. The van der Waals surface area contributed by atoms with Crippen molar-refractivity contribution >= 4 is 18.5 Å². The molecule has 63 heavy (non-hydrogen) atoms. The molecule has 12 heteroatoms. The van der Waals surface area contributed by atoms with Gasteiger partial charge in [0, 0.05) is 49.9 Å². The quantitative estimate of drug-likeness (QED) is 0.138. The van der Waals surface area contributed by atoms with Crippen LogP contribution in [0.15, 0.2) is 97.1 Å². The van der Waals surface area contributed by atoms with Crippen molar-refractivity contribution in [2.75, 3.05) is 0 Å². The van der Waals surface area contributed by atoms with Gasteiger partial charge in [-0.15, -0.1) is 0 Å². The number of benzene rings is 4. The molecule has 0 saturated carbocycles. The summed E-state index contributed by atoms with van der Waals surface area (Å²) < 4.78 is 10.9. The largest absolute Gasteiger partial charge is 0.444 e. The van der Waals surface area contributed by atoms with Gasteiger partial charge >= 0.3 is 12.2 Å². The number of nitriles is 3. The van der Waals surface area contributed by atoms with Crippen molar-refractivity contribution in [1.82, 2.24) is 15.1 Å². The summed E-state index contributed by atoms with van der Waals surface area (Å²) in [7, 11) is 0. The van der Waals surface area contributed by atoms with Crippen LogP contribution in [0.2, 0.25) is 0 Å². The van der Waals surface area contributed by atoms with E-state index in [0.717, 1.165) is 29.5 Å². The molecule has 0 saturated heterocycles. The Balaban J connectivity index is 0.000000434. The first-order valence-electron chi connectivity index (χ1n) is 21.0. The first-order chi connectivity index (χ1) is 29.5. The normalized spacial score (nSPS) is 10.6. The molecule has 4 aromatic rings. The van der Waals surface area contributed by atoms with Crippen molar-refractivity contribution in [3.05, 3.63) is 142 Å². The van der Waals surface area contributed by atoms with Crippen LogP contribution < -0.4 is 11.1 Å². The van der Waals surface area contributed by atoms with Crippen LogP contribution in [-0.4, -0.2) is 57.6 Å². The predicted molar refractivity (Wildman–Crippen MR) is 249 cm³/mol. The first-order valence-corrected chi connectivity index (χ1v) is 21.0. The molecule has 0 spiro atoms. The monoisotopic (exact) mass is 858 g/mol. The summed E-state index contributed by atoms with van der Waals surface area (Å²) in [6, 6.07) is 36.1. The Morgan fingerprint density at radius 1 is 0.587 bits per heavy atom. The van der Waals surface area contributed by atoms with Crippen molar-refractivity contribution in [3.8, 4) is 18.2 Å². The molecular formula is C51H67N7O5. The van der Waals surface area contributed by atoms with Crippen LogP contribution in [0, 0.1) is 34.0 Å². The molecule has 0 atom stereocenters. The van der Waals surface area contributed by atoms with E-state index < -0.39 is 11.2 Å². The number of carbonyl (C=O) groups excluding carboxylic acids is 3. The molecule has 4 aromatic carbocycles. The van der Waals surface area contributed by atoms with Crippen molar-refractivity contribution in [2.45, 2.75) is 139 Å². The average Bonchev–Trinajstić information content (AvgIpc) is 3.23. The van der Waals surface area contributed by atoms with E-state index in [-0.39, 0.29) is 24.3 Å². The molecule has 4 rings (SSSR count). The zero-order valence-electron chi connectivity index (χ0n) is 39.2. The Morgan fingerprint density at radius 3 is 1.19 bits per heavy atom. The molecule has 336 valence electrons. The third-order valence-corrected chi connectivity index (χ3v) is 8.52. The van der Waals surface area contributed by atoms with Crippen molar-refractivity contribution in [1.29, 1.82) is 15.8 Å². The summed E-state index contributed by atoms with van der Waals surface area (Å²) >= 11 is 0. The summed E-state index contributed by atoms with van der Waals surface area (Å²) in [6.07, 6.45) is 0.147. The Kier molecular flexibility index (Phi) is 23.7. The molecule has 0 aliphatic heterocycles. The summed E-state index contributed by atoms with van der Waals surface area (Å²) in [4.78, 5) is 37.9. The molecule has 0 fully saturated rings. The molecule has 12 nitrogen and oxygen atoms in total. The fourth-order valence-electron chi connectivity index (χ4n) is 5.07. The summed E-state index contributed by atoms with van der Waals surface area (Å²) in [5.74, 6) is 0. The third kappa shape index (κ3) is 23.3. The highest BCUT2D eigenvalue weighted by atomic mass is 16.6. The van der Waals surface area contributed by atoms with Gasteiger partial charge in [0.05, 0.1) is 34.9 Å². The minimum absolute atomic E-state index is 0.0421. The molecule has 0 unspecified atom stereocenters. The number of nitrogens with zero attached hydrogens (tertiary/aromatic N) is 5. The minimum atomic E-state index is -0.505. The lowest BCUT2D eigenvalue weighted by Crippen LogP contribution is -2.40. The van der Waals surface area contributed by atoms with Crippen LogP contribution >= 0.6 is 0 Å². The van der Waals surface area contributed by atoms with Crippen LogP contribution in [0.3, 0.4) is 0 Å². The standard InChI is InChI=1S/C16H26N2O2.C16H22N2O2.C11H14N2.C8H5NO/c2*1-12(2)18(15(19)20-16(3,4)5)11-14-8-6-13(10-17)7-9-14;1-9(2)13-8-11-5-3-10(7-12)4-6-11;9-5-7-1-3-8(6-10)4-2-7/h6-9,12H,10-11,17H2,1-5H3;6-9,12H,11H2,1-5H3;3-6,9,13H,8H2,1-2H3;1-4,6H. The topological polar surface area (TPSA) is 186 Å². The molecule has 0 heterocycles. The van der Waals surface area contributed by atoms with Gasteiger partial charge in [-0.3, -0.25) is 4.79 Å². The smallest absolute Gasteiger partial charge is 0.410 e. The van der Waals surface area contributed by atoms with E-state index in [1.165, 1.54) is 5.56 Å². The van der Waals surface area contributed by atoms with Gasteiger partial charge in [-0.1, -0.05) is 74.5 Å². The van der Waals surface area contributed by atoms with Crippen LogP contribution in [-0.2, 0) is 35.7 Å². The second-order valence-corrected chi connectivity index (χ2v) is 17.4. The predicted octanol–water partition coefficient (Wildman–Crippen LogP) is 10.4. The summed E-state index contributed by atoms with van der Waals surface area (Å²) in [6.45, 7) is 25.7. The molecule has 3 N–H and O–H groups in total. The number of ether oxygens (including phenoxy) is 2. The van der Waals surface area contributed by atoms with Crippen LogP contribution in [0.4, 0.5) is 9.59 Å². The van der Waals surface area contributed by atoms with E-state index in [4.69, 9.17) is 31.0 Å². The first kappa shape index (κ1) is 54.5. The van der Waals surface area contributed by atoms with Gasteiger partial charge in [-0.25, -0.2) is 9.59 Å². The Bertz CT molecular complexity index is 2100. The molecule has 0 radical (unpaired) electrons. The van der Waals surface area contributed by atoms with E-state index >= 15 is 0 Å². The van der Waals surface area contributed by atoms with Crippen LogP contribution in [0.25, 0.3) is 0 Å². The molecule has 0 aromatic heterocycles. The number of nitrogens with one attached hydrogen (secondary N) is 1. The van der Waals surface area contributed by atoms with Gasteiger partial charge < -0.3 is 30.3 Å². The number of nitrogens with two attached hydrogens (primary N) is 1. The maximum atomic E-state index is 12.2. The molecule has 0 bridgehead atoms. The van der Waals surface area contributed by atoms with Gasteiger partial charge in [0.2, 0.25) is 0 Å². The SMILES string of the molecule is CC(C)N(Cc1ccc(C#N)cc1)C(=O)OC(C)(C)C.CC(C)N(Cc1ccc(CN)cc1)C(=O)OC(C)(C)C.CC(C)NCc1ccc(C#N)cc1.N#Cc1ccc(C=O)cc1. The maximum absolute atomic E-state index is 12.2. The maximum Gasteiger partial charge on any atom is 0.410 e. The second-order valence-electron chi connectivity index (χ2n) is 17.4. The fourth-order valence-corrected chi connectivity index (χ4v) is 5.07. The number of aldehydes is 1.